The van der Waals surface area contributed by atoms with Gasteiger partial charge in [0.25, 0.3) is 0 Å². The molecule has 5 heteroatoms. The maximum Gasteiger partial charge on any atom is 0.170 e. The molecule has 20 heavy (non-hydrogen) atoms. The molecule has 0 bridgehead atoms. The number of aryl methyl sites for hydroxylation is 2. The van der Waals surface area contributed by atoms with Gasteiger partial charge in [0.05, 0.1) is 24.5 Å². The van der Waals surface area contributed by atoms with E-state index in [0.29, 0.717) is 5.56 Å². The Morgan fingerprint density at radius 1 is 1.45 bits per heavy atom. The predicted octanol–water partition coefficient (Wildman–Crippen LogP) is 2.58. The quantitative estimate of drug-likeness (QED) is 0.913. The molecule has 1 unspecified atom stereocenters. The lowest BCUT2D eigenvalue weighted by molar-refractivity contribution is 0.381. The first-order chi connectivity index (χ1) is 9.58. The lowest BCUT2D eigenvalue weighted by Crippen LogP contribution is -2.25. The molecular weight excluding hydrogens is 257 g/mol. The fourth-order valence-corrected chi connectivity index (χ4v) is 2.39. The van der Waals surface area contributed by atoms with Gasteiger partial charge in [-0.25, -0.2) is 4.39 Å². The van der Waals surface area contributed by atoms with Crippen molar-refractivity contribution in [2.45, 2.75) is 19.9 Å². The highest BCUT2D eigenvalue weighted by Crippen LogP contribution is 2.29. The van der Waals surface area contributed by atoms with Crippen LogP contribution in [0.2, 0.25) is 0 Å². The Labute approximate surface area is 118 Å². The number of rotatable bonds is 5. The van der Waals surface area contributed by atoms with Crippen LogP contribution in [0.5, 0.6) is 5.75 Å². The van der Waals surface area contributed by atoms with Gasteiger partial charge in [-0.3, -0.25) is 4.68 Å². The second kappa shape index (κ2) is 6.05. The molecule has 0 aliphatic heterocycles. The SMILES string of the molecule is CCNC(c1cccc(OC)c1F)c1cc(C)nn1C. The molecule has 108 valence electrons. The highest BCUT2D eigenvalue weighted by molar-refractivity contribution is 5.37. The van der Waals surface area contributed by atoms with Crippen LogP contribution in [0.25, 0.3) is 0 Å². The van der Waals surface area contributed by atoms with Crippen LogP contribution in [-0.2, 0) is 7.05 Å². The first kappa shape index (κ1) is 14.5. The molecule has 1 aromatic heterocycles. The Kier molecular flexibility index (Phi) is 4.39. The van der Waals surface area contributed by atoms with E-state index in [-0.39, 0.29) is 17.6 Å². The molecule has 1 heterocycles. The van der Waals surface area contributed by atoms with E-state index in [2.05, 4.69) is 10.4 Å². The summed E-state index contributed by atoms with van der Waals surface area (Å²) >= 11 is 0. The zero-order valence-corrected chi connectivity index (χ0v) is 12.3. The Bertz CT molecular complexity index is 595. The van der Waals surface area contributed by atoms with Gasteiger partial charge in [0.15, 0.2) is 11.6 Å². The number of halogens is 1. The largest absolute Gasteiger partial charge is 0.494 e. The summed E-state index contributed by atoms with van der Waals surface area (Å²) in [5.41, 5.74) is 2.40. The molecule has 0 aliphatic carbocycles. The molecule has 0 fully saturated rings. The third-order valence-corrected chi connectivity index (χ3v) is 3.27. The molecule has 0 spiro atoms. The molecule has 0 aliphatic rings. The highest BCUT2D eigenvalue weighted by Gasteiger charge is 2.22. The lowest BCUT2D eigenvalue weighted by Gasteiger charge is -2.20. The number of aromatic nitrogens is 2. The van der Waals surface area contributed by atoms with Gasteiger partial charge in [0.1, 0.15) is 0 Å². The molecule has 0 amide bonds. The number of benzene rings is 1. The third kappa shape index (κ3) is 2.67. The first-order valence-electron chi connectivity index (χ1n) is 6.64. The average molecular weight is 277 g/mol. The van der Waals surface area contributed by atoms with Crippen molar-refractivity contribution >= 4 is 0 Å². The van der Waals surface area contributed by atoms with Crippen molar-refractivity contribution in [1.29, 1.82) is 0 Å². The number of methoxy groups -OCH3 is 1. The zero-order valence-electron chi connectivity index (χ0n) is 12.3. The van der Waals surface area contributed by atoms with Crippen molar-refractivity contribution in [2.24, 2.45) is 7.05 Å². The van der Waals surface area contributed by atoms with Gasteiger partial charge in [-0.15, -0.1) is 0 Å². The van der Waals surface area contributed by atoms with E-state index in [1.165, 1.54) is 7.11 Å². The minimum Gasteiger partial charge on any atom is -0.494 e. The van der Waals surface area contributed by atoms with Crippen molar-refractivity contribution in [1.82, 2.24) is 15.1 Å². The number of hydrogen-bond acceptors (Lipinski definition) is 3. The third-order valence-electron chi connectivity index (χ3n) is 3.27. The maximum atomic E-state index is 14.5. The molecular formula is C15H20FN3O. The van der Waals surface area contributed by atoms with Crippen LogP contribution in [-0.4, -0.2) is 23.4 Å². The summed E-state index contributed by atoms with van der Waals surface area (Å²) in [7, 11) is 3.34. The molecule has 0 saturated carbocycles. The summed E-state index contributed by atoms with van der Waals surface area (Å²) in [5, 5.41) is 7.64. The summed E-state index contributed by atoms with van der Waals surface area (Å²) < 4.78 is 21.3. The average Bonchev–Trinajstić information content (AvgIpc) is 2.75. The van der Waals surface area contributed by atoms with Crippen LogP contribution < -0.4 is 10.1 Å². The minimum absolute atomic E-state index is 0.249. The molecule has 2 rings (SSSR count). The van der Waals surface area contributed by atoms with Crippen LogP contribution in [0.4, 0.5) is 4.39 Å². The van der Waals surface area contributed by atoms with E-state index in [4.69, 9.17) is 4.74 Å². The van der Waals surface area contributed by atoms with Crippen LogP contribution in [0.3, 0.4) is 0 Å². The lowest BCUT2D eigenvalue weighted by atomic mass is 10.0. The van der Waals surface area contributed by atoms with Crippen molar-refractivity contribution in [2.75, 3.05) is 13.7 Å². The monoisotopic (exact) mass is 277 g/mol. The Hall–Kier alpha value is -1.88. The van der Waals surface area contributed by atoms with Gasteiger partial charge >= 0.3 is 0 Å². The molecule has 4 nitrogen and oxygen atoms in total. The van der Waals surface area contributed by atoms with E-state index in [0.717, 1.165) is 17.9 Å². The van der Waals surface area contributed by atoms with Gasteiger partial charge < -0.3 is 10.1 Å². The standard InChI is InChI=1S/C15H20FN3O/c1-5-17-15(12-9-10(2)18-19(12)3)11-7-6-8-13(20-4)14(11)16/h6-9,15,17H,5H2,1-4H3. The molecule has 1 N–H and O–H groups in total. The minimum atomic E-state index is -0.334. The number of nitrogens with one attached hydrogen (secondary N) is 1. The van der Waals surface area contributed by atoms with Gasteiger partial charge in [-0.2, -0.15) is 5.10 Å². The van der Waals surface area contributed by atoms with E-state index < -0.39 is 0 Å². The van der Waals surface area contributed by atoms with Gasteiger partial charge in [-0.1, -0.05) is 19.1 Å². The molecule has 2 aromatic rings. The topological polar surface area (TPSA) is 39.1 Å². The first-order valence-corrected chi connectivity index (χ1v) is 6.64. The van der Waals surface area contributed by atoms with Crippen molar-refractivity contribution in [3.63, 3.8) is 0 Å². The normalized spacial score (nSPS) is 12.4. The number of hydrogen-bond donors (Lipinski definition) is 1. The maximum absolute atomic E-state index is 14.5. The fourth-order valence-electron chi connectivity index (χ4n) is 2.39. The second-order valence-electron chi connectivity index (χ2n) is 4.69. The van der Waals surface area contributed by atoms with Crippen LogP contribution in [0.15, 0.2) is 24.3 Å². The number of ether oxygens (including phenoxy) is 1. The van der Waals surface area contributed by atoms with Gasteiger partial charge in [0.2, 0.25) is 0 Å². The molecule has 0 saturated heterocycles. The summed E-state index contributed by atoms with van der Waals surface area (Å²) in [6.45, 7) is 4.65. The van der Waals surface area contributed by atoms with Crippen LogP contribution in [0.1, 0.15) is 29.9 Å². The molecule has 0 radical (unpaired) electrons. The summed E-state index contributed by atoms with van der Waals surface area (Å²) in [5.74, 6) is -0.0795. The van der Waals surface area contributed by atoms with Gasteiger partial charge in [-0.05, 0) is 25.6 Å². The molecule has 1 atom stereocenters. The van der Waals surface area contributed by atoms with Gasteiger partial charge in [0, 0.05) is 12.6 Å². The van der Waals surface area contributed by atoms with Crippen molar-refractivity contribution in [3.8, 4) is 5.75 Å². The fraction of sp³-hybridized carbons (Fsp3) is 0.400. The van der Waals surface area contributed by atoms with Crippen LogP contribution in [0, 0.1) is 12.7 Å². The number of nitrogens with zero attached hydrogens (tertiary/aromatic N) is 2. The van der Waals surface area contributed by atoms with E-state index in [1.807, 2.05) is 27.0 Å². The Balaban J connectivity index is 2.51. The zero-order chi connectivity index (χ0) is 14.7. The molecule has 1 aromatic carbocycles. The summed E-state index contributed by atoms with van der Waals surface area (Å²) in [4.78, 5) is 0. The van der Waals surface area contributed by atoms with Crippen molar-refractivity contribution < 1.29 is 9.13 Å². The predicted molar refractivity (Wildman–Crippen MR) is 76.4 cm³/mol. The summed E-state index contributed by atoms with van der Waals surface area (Å²) in [6.07, 6.45) is 0. The van der Waals surface area contributed by atoms with E-state index in [1.54, 1.807) is 22.9 Å². The van der Waals surface area contributed by atoms with Crippen LogP contribution >= 0.6 is 0 Å². The van der Waals surface area contributed by atoms with Crippen molar-refractivity contribution in [3.05, 3.63) is 47.0 Å². The smallest absolute Gasteiger partial charge is 0.170 e. The highest BCUT2D eigenvalue weighted by atomic mass is 19.1. The Morgan fingerprint density at radius 2 is 2.20 bits per heavy atom. The second-order valence-corrected chi connectivity index (χ2v) is 4.69. The van der Waals surface area contributed by atoms with E-state index in [9.17, 15) is 4.39 Å². The Morgan fingerprint density at radius 3 is 2.75 bits per heavy atom. The van der Waals surface area contributed by atoms with E-state index >= 15 is 0 Å². The summed E-state index contributed by atoms with van der Waals surface area (Å²) in [6, 6.07) is 6.90.